The van der Waals surface area contributed by atoms with Crippen LogP contribution >= 0.6 is 0 Å². The lowest BCUT2D eigenvalue weighted by atomic mass is 9.90. The first-order valence-corrected chi connectivity index (χ1v) is 11.7. The van der Waals surface area contributed by atoms with E-state index in [-0.39, 0.29) is 12.0 Å². The summed E-state index contributed by atoms with van der Waals surface area (Å²) in [4.78, 5) is 31.8. The van der Waals surface area contributed by atoms with Crippen LogP contribution in [0.15, 0.2) is 77.8 Å². The summed E-state index contributed by atoms with van der Waals surface area (Å²) in [6, 6.07) is 23.5. The van der Waals surface area contributed by atoms with Gasteiger partial charge in [-0.2, -0.15) is 0 Å². The number of benzene rings is 3. The van der Waals surface area contributed by atoms with E-state index in [0.29, 0.717) is 12.3 Å². The molecule has 1 heterocycles. The maximum atomic E-state index is 13.0. The lowest BCUT2D eigenvalue weighted by Gasteiger charge is -2.24. The Morgan fingerprint density at radius 3 is 2.37 bits per heavy atom. The van der Waals surface area contributed by atoms with Crippen LogP contribution in [0.2, 0.25) is 0 Å². The molecule has 0 saturated heterocycles. The van der Waals surface area contributed by atoms with Crippen molar-refractivity contribution in [3.05, 3.63) is 95.1 Å². The number of amides is 2. The fourth-order valence-electron chi connectivity index (χ4n) is 4.05. The highest BCUT2D eigenvalue weighted by Crippen LogP contribution is 2.36. The second-order valence-corrected chi connectivity index (χ2v) is 9.88. The van der Waals surface area contributed by atoms with Crippen molar-refractivity contribution in [2.45, 2.75) is 45.8 Å². The number of ether oxygens (including phenoxy) is 1. The van der Waals surface area contributed by atoms with Gasteiger partial charge in [-0.3, -0.25) is 9.79 Å². The maximum Gasteiger partial charge on any atom is 0.410 e. The summed E-state index contributed by atoms with van der Waals surface area (Å²) in [5.41, 5.74) is 5.61. The molecule has 0 fully saturated rings. The fraction of sp³-hybridized carbons (Fsp3) is 0.276. The number of carbonyl (C=O) groups excluding carboxylic acids is 2. The molecule has 0 aliphatic carbocycles. The molecule has 1 aliphatic heterocycles. The van der Waals surface area contributed by atoms with Gasteiger partial charge < -0.3 is 15.0 Å². The van der Waals surface area contributed by atoms with Gasteiger partial charge in [-0.25, -0.2) is 4.79 Å². The van der Waals surface area contributed by atoms with Crippen LogP contribution in [0.1, 0.15) is 48.9 Å². The zero-order chi connectivity index (χ0) is 25.2. The third kappa shape index (κ3) is 5.77. The molecule has 1 N–H and O–H groups in total. The summed E-state index contributed by atoms with van der Waals surface area (Å²) in [5.74, 6) is -0.574. The molecule has 1 aliphatic rings. The van der Waals surface area contributed by atoms with Crippen molar-refractivity contribution in [2.24, 2.45) is 4.99 Å². The predicted molar refractivity (Wildman–Crippen MR) is 139 cm³/mol. The van der Waals surface area contributed by atoms with Gasteiger partial charge in [-0.1, -0.05) is 54.6 Å². The number of carbonyl (C=O) groups is 2. The minimum atomic E-state index is -0.540. The van der Waals surface area contributed by atoms with E-state index in [2.05, 4.69) is 5.32 Å². The van der Waals surface area contributed by atoms with E-state index in [0.717, 1.165) is 33.6 Å². The molecule has 180 valence electrons. The third-order valence-corrected chi connectivity index (χ3v) is 5.69. The van der Waals surface area contributed by atoms with Gasteiger partial charge in [0, 0.05) is 19.3 Å². The minimum absolute atomic E-state index is 0.0798. The Morgan fingerprint density at radius 1 is 1.03 bits per heavy atom. The molecule has 3 aromatic carbocycles. The zero-order valence-corrected chi connectivity index (χ0v) is 20.8. The Labute approximate surface area is 206 Å². The quantitative estimate of drug-likeness (QED) is 0.451. The number of aliphatic imine (C=N–C) groups is 1. The van der Waals surface area contributed by atoms with E-state index in [1.165, 1.54) is 0 Å². The smallest absolute Gasteiger partial charge is 0.410 e. The Morgan fingerprint density at radius 2 is 1.71 bits per heavy atom. The van der Waals surface area contributed by atoms with Gasteiger partial charge >= 0.3 is 6.09 Å². The summed E-state index contributed by atoms with van der Waals surface area (Å²) < 4.78 is 5.43. The molecule has 0 spiro atoms. The first-order chi connectivity index (χ1) is 16.6. The molecule has 3 aromatic rings. The largest absolute Gasteiger partial charge is 0.444 e. The molecule has 2 amide bonds. The van der Waals surface area contributed by atoms with Crippen molar-refractivity contribution >= 4 is 29.1 Å². The monoisotopic (exact) mass is 469 g/mol. The fourth-order valence-corrected chi connectivity index (χ4v) is 4.05. The van der Waals surface area contributed by atoms with Gasteiger partial charge in [0.15, 0.2) is 0 Å². The van der Waals surface area contributed by atoms with Crippen LogP contribution in [-0.2, 0) is 16.1 Å². The average Bonchev–Trinajstić information content (AvgIpc) is 3.12. The topological polar surface area (TPSA) is 71.0 Å². The lowest BCUT2D eigenvalue weighted by Crippen LogP contribution is -2.33. The van der Waals surface area contributed by atoms with Crippen molar-refractivity contribution in [2.75, 3.05) is 12.4 Å². The van der Waals surface area contributed by atoms with E-state index in [1.54, 1.807) is 11.9 Å². The molecular weight excluding hydrogens is 438 g/mol. The molecular formula is C29H31N3O3. The first-order valence-electron chi connectivity index (χ1n) is 11.7. The van der Waals surface area contributed by atoms with Crippen molar-refractivity contribution in [1.29, 1.82) is 0 Å². The summed E-state index contributed by atoms with van der Waals surface area (Å²) in [6.45, 7) is 7.97. The molecule has 1 atom stereocenters. The number of nitrogens with zero attached hydrogens (tertiary/aromatic N) is 2. The van der Waals surface area contributed by atoms with E-state index < -0.39 is 11.5 Å². The number of fused-ring (bicyclic) bond motifs is 1. The summed E-state index contributed by atoms with van der Waals surface area (Å²) in [6.07, 6.45) is -0.368. The molecule has 6 heteroatoms. The van der Waals surface area contributed by atoms with Crippen LogP contribution in [0.5, 0.6) is 0 Å². The molecule has 0 radical (unpaired) electrons. The van der Waals surface area contributed by atoms with Crippen molar-refractivity contribution < 1.29 is 14.3 Å². The van der Waals surface area contributed by atoms with Crippen LogP contribution in [0.4, 0.5) is 16.2 Å². The van der Waals surface area contributed by atoms with Gasteiger partial charge in [0.05, 0.1) is 11.4 Å². The molecule has 0 saturated carbocycles. The minimum Gasteiger partial charge on any atom is -0.444 e. The molecule has 0 bridgehead atoms. The molecule has 35 heavy (non-hydrogen) atoms. The van der Waals surface area contributed by atoms with Crippen molar-refractivity contribution in [3.63, 3.8) is 0 Å². The maximum absolute atomic E-state index is 13.0. The second-order valence-electron chi connectivity index (χ2n) is 9.88. The van der Waals surface area contributed by atoms with Crippen molar-refractivity contribution in [3.8, 4) is 0 Å². The van der Waals surface area contributed by atoms with Gasteiger partial charge in [0.25, 0.3) is 0 Å². The zero-order valence-electron chi connectivity index (χ0n) is 20.8. The highest BCUT2D eigenvalue weighted by molar-refractivity contribution is 6.24. The standard InChI is InChI=1S/C29H31N3O3/c1-19-11-16-23-24(17-19)31-27(33)25(23)26(21-9-7-6-8-10-21)30-22-14-12-20(13-15-22)18-32(5)28(34)35-29(2,3)4/h6-17,25H,18H2,1-5H3,(H,31,33). The molecule has 0 aromatic heterocycles. The van der Waals surface area contributed by atoms with E-state index in [1.807, 2.05) is 100 Å². The average molecular weight is 470 g/mol. The van der Waals surface area contributed by atoms with Gasteiger partial charge in [0.1, 0.15) is 11.5 Å². The van der Waals surface area contributed by atoms with Crippen LogP contribution in [-0.4, -0.2) is 35.3 Å². The number of aryl methyl sites for hydroxylation is 1. The SMILES string of the molecule is Cc1ccc2c(c1)NC(=O)C2C(=Nc1ccc(CN(C)C(=O)OC(C)(C)C)cc1)c1ccccc1. The predicted octanol–water partition coefficient (Wildman–Crippen LogP) is 6.22. The second kappa shape index (κ2) is 9.74. The van der Waals surface area contributed by atoms with E-state index in [9.17, 15) is 9.59 Å². The molecule has 4 rings (SSSR count). The Bertz CT molecular complexity index is 1260. The van der Waals surface area contributed by atoms with Crippen molar-refractivity contribution in [1.82, 2.24) is 4.90 Å². The van der Waals surface area contributed by atoms with Gasteiger partial charge in [-0.15, -0.1) is 0 Å². The van der Waals surface area contributed by atoms with E-state index in [4.69, 9.17) is 9.73 Å². The lowest BCUT2D eigenvalue weighted by molar-refractivity contribution is -0.115. The van der Waals surface area contributed by atoms with Gasteiger partial charge in [-0.05, 0) is 68.1 Å². The Balaban J connectivity index is 1.62. The van der Waals surface area contributed by atoms with Crippen LogP contribution in [0.3, 0.4) is 0 Å². The third-order valence-electron chi connectivity index (χ3n) is 5.69. The van der Waals surface area contributed by atoms with Crippen LogP contribution in [0, 0.1) is 6.92 Å². The van der Waals surface area contributed by atoms with E-state index >= 15 is 0 Å². The number of nitrogens with one attached hydrogen (secondary N) is 1. The summed E-state index contributed by atoms with van der Waals surface area (Å²) in [7, 11) is 1.71. The number of hydrogen-bond donors (Lipinski definition) is 1. The summed E-state index contributed by atoms with van der Waals surface area (Å²) in [5, 5.41) is 3.01. The molecule has 6 nitrogen and oxygen atoms in total. The highest BCUT2D eigenvalue weighted by Gasteiger charge is 2.35. The molecule has 1 unspecified atom stereocenters. The number of hydrogen-bond acceptors (Lipinski definition) is 4. The summed E-state index contributed by atoms with van der Waals surface area (Å²) >= 11 is 0. The van der Waals surface area contributed by atoms with Crippen LogP contribution < -0.4 is 5.32 Å². The van der Waals surface area contributed by atoms with Gasteiger partial charge in [0.2, 0.25) is 5.91 Å². The Kier molecular flexibility index (Phi) is 6.74. The number of anilines is 1. The number of rotatable bonds is 5. The highest BCUT2D eigenvalue weighted by atomic mass is 16.6. The van der Waals surface area contributed by atoms with Crippen LogP contribution in [0.25, 0.3) is 0 Å². The first kappa shape index (κ1) is 24.2. The normalized spacial score (nSPS) is 15.4. The Hall–Kier alpha value is -3.93.